The van der Waals surface area contributed by atoms with Crippen LogP contribution in [-0.2, 0) is 0 Å². The quantitative estimate of drug-likeness (QED) is 0.620. The molecule has 5 rings (SSSR count). The summed E-state index contributed by atoms with van der Waals surface area (Å²) in [4.78, 5) is 17.8. The van der Waals surface area contributed by atoms with Gasteiger partial charge in [0.05, 0.1) is 11.9 Å². The summed E-state index contributed by atoms with van der Waals surface area (Å²) < 4.78 is 15.3. The van der Waals surface area contributed by atoms with Crippen LogP contribution in [0.2, 0.25) is 0 Å². The van der Waals surface area contributed by atoms with Crippen LogP contribution in [0.1, 0.15) is 47.5 Å². The number of anilines is 1. The molecule has 1 aromatic heterocycles. The molecule has 0 N–H and O–H groups in total. The molecule has 160 valence electrons. The van der Waals surface area contributed by atoms with Crippen molar-refractivity contribution in [2.75, 3.05) is 31.1 Å². The second kappa shape index (κ2) is 8.53. The van der Waals surface area contributed by atoms with Crippen LogP contribution >= 0.6 is 0 Å². The number of amides is 1. The minimum absolute atomic E-state index is 0.0346. The third-order valence-corrected chi connectivity index (χ3v) is 6.45. The summed E-state index contributed by atoms with van der Waals surface area (Å²) in [6, 6.07) is 16.7. The second-order valence-electron chi connectivity index (χ2n) is 8.47. The van der Waals surface area contributed by atoms with Gasteiger partial charge in [0.1, 0.15) is 17.2 Å². The lowest BCUT2D eigenvalue weighted by Crippen LogP contribution is -2.35. The third kappa shape index (κ3) is 3.94. The van der Waals surface area contributed by atoms with Crippen molar-refractivity contribution < 1.29 is 9.18 Å². The minimum Gasteiger partial charge on any atom is -0.356 e. The number of piperidine rings is 1. The highest BCUT2D eigenvalue weighted by molar-refractivity contribution is 5.99. The molecule has 2 aliphatic rings. The Morgan fingerprint density at radius 3 is 2.42 bits per heavy atom. The molecule has 3 aromatic rings. The molecule has 0 saturated carbocycles. The van der Waals surface area contributed by atoms with Gasteiger partial charge in [0.2, 0.25) is 0 Å². The molecule has 31 heavy (non-hydrogen) atoms. The van der Waals surface area contributed by atoms with Crippen molar-refractivity contribution in [1.82, 2.24) is 14.7 Å². The van der Waals surface area contributed by atoms with Gasteiger partial charge in [0.25, 0.3) is 5.91 Å². The van der Waals surface area contributed by atoms with E-state index in [1.807, 2.05) is 11.0 Å². The van der Waals surface area contributed by atoms with Gasteiger partial charge in [-0.15, -0.1) is 0 Å². The molecule has 0 bridgehead atoms. The van der Waals surface area contributed by atoms with Crippen LogP contribution in [0.3, 0.4) is 0 Å². The van der Waals surface area contributed by atoms with E-state index in [9.17, 15) is 9.18 Å². The average Bonchev–Trinajstić information content (AvgIpc) is 3.48. The highest BCUT2D eigenvalue weighted by Crippen LogP contribution is 2.32. The van der Waals surface area contributed by atoms with E-state index in [0.717, 1.165) is 56.9 Å². The summed E-state index contributed by atoms with van der Waals surface area (Å²) in [5.74, 6) is 0.957. The van der Waals surface area contributed by atoms with Gasteiger partial charge in [-0.05, 0) is 55.5 Å². The summed E-state index contributed by atoms with van der Waals surface area (Å²) >= 11 is 0. The van der Waals surface area contributed by atoms with Crippen LogP contribution in [0.4, 0.5) is 10.2 Å². The lowest BCUT2D eigenvalue weighted by molar-refractivity contribution is 0.0791. The smallest absolute Gasteiger partial charge is 0.259 e. The zero-order valence-electron chi connectivity index (χ0n) is 17.6. The fourth-order valence-electron chi connectivity index (χ4n) is 4.79. The normalized spacial score (nSPS) is 19.1. The maximum Gasteiger partial charge on any atom is 0.259 e. The fourth-order valence-corrected chi connectivity index (χ4v) is 4.79. The lowest BCUT2D eigenvalue weighted by Gasteiger charge is -2.30. The van der Waals surface area contributed by atoms with Gasteiger partial charge >= 0.3 is 0 Å². The number of carbonyl (C=O) groups excluding carboxylic acids is 1. The molecule has 0 aliphatic carbocycles. The van der Waals surface area contributed by atoms with E-state index in [4.69, 9.17) is 0 Å². The summed E-state index contributed by atoms with van der Waals surface area (Å²) in [6.45, 7) is 3.28. The predicted molar refractivity (Wildman–Crippen MR) is 119 cm³/mol. The van der Waals surface area contributed by atoms with E-state index in [0.29, 0.717) is 11.5 Å². The number of halogens is 1. The van der Waals surface area contributed by atoms with Crippen LogP contribution in [0.5, 0.6) is 0 Å². The van der Waals surface area contributed by atoms with E-state index in [2.05, 4.69) is 34.3 Å². The van der Waals surface area contributed by atoms with Crippen LogP contribution in [-0.4, -0.2) is 46.8 Å². The van der Waals surface area contributed by atoms with Crippen molar-refractivity contribution in [3.05, 3.63) is 77.7 Å². The van der Waals surface area contributed by atoms with E-state index < -0.39 is 0 Å². The first-order valence-electron chi connectivity index (χ1n) is 11.1. The van der Waals surface area contributed by atoms with E-state index >= 15 is 0 Å². The molecule has 0 spiro atoms. The molecule has 0 radical (unpaired) electrons. The first kappa shape index (κ1) is 19.8. The van der Waals surface area contributed by atoms with Crippen molar-refractivity contribution in [2.24, 2.45) is 0 Å². The molecule has 1 atom stereocenters. The molecule has 0 unspecified atom stereocenters. The van der Waals surface area contributed by atoms with Gasteiger partial charge in [0.15, 0.2) is 0 Å². The molecule has 3 heterocycles. The molecule has 2 saturated heterocycles. The topological polar surface area (TPSA) is 41.4 Å². The summed E-state index contributed by atoms with van der Waals surface area (Å²) in [7, 11) is 0. The van der Waals surface area contributed by atoms with Gasteiger partial charge in [-0.1, -0.05) is 30.3 Å². The second-order valence-corrected chi connectivity index (χ2v) is 8.47. The first-order valence-corrected chi connectivity index (χ1v) is 11.1. The Morgan fingerprint density at radius 1 is 0.935 bits per heavy atom. The Balaban J connectivity index is 1.45. The molecular weight excluding hydrogens is 391 g/mol. The number of hydrogen-bond acceptors (Lipinski definition) is 3. The monoisotopic (exact) mass is 418 g/mol. The SMILES string of the molecule is O=C(c1cnn(-c2ccc(F)cc2)c1N1CCCCC1)N1CC[C@H](c2ccccc2)C1. The van der Waals surface area contributed by atoms with E-state index in [-0.39, 0.29) is 11.7 Å². The predicted octanol–water partition coefficient (Wildman–Crippen LogP) is 4.63. The fraction of sp³-hybridized carbons (Fsp3) is 0.360. The zero-order chi connectivity index (χ0) is 21.2. The van der Waals surface area contributed by atoms with E-state index in [1.165, 1.54) is 24.1 Å². The number of likely N-dealkylation sites (tertiary alicyclic amines) is 1. The highest BCUT2D eigenvalue weighted by Gasteiger charge is 2.32. The lowest BCUT2D eigenvalue weighted by atomic mass is 9.99. The van der Waals surface area contributed by atoms with Crippen molar-refractivity contribution in [3.8, 4) is 5.69 Å². The van der Waals surface area contributed by atoms with Crippen molar-refractivity contribution in [1.29, 1.82) is 0 Å². The van der Waals surface area contributed by atoms with E-state index in [1.54, 1.807) is 23.0 Å². The number of hydrogen-bond donors (Lipinski definition) is 0. The number of nitrogens with zero attached hydrogens (tertiary/aromatic N) is 4. The standard InChI is InChI=1S/C25H27FN4O/c26-21-9-11-22(12-10-21)30-24(28-14-5-2-6-15-28)23(17-27-30)25(31)29-16-13-20(18-29)19-7-3-1-4-8-19/h1,3-4,7-12,17,20H,2,5-6,13-16,18H2/t20-/m0/s1. The zero-order valence-corrected chi connectivity index (χ0v) is 17.6. The Kier molecular flexibility index (Phi) is 5.45. The molecular formula is C25H27FN4O. The van der Waals surface area contributed by atoms with Crippen LogP contribution < -0.4 is 4.90 Å². The van der Waals surface area contributed by atoms with Crippen LogP contribution in [0.15, 0.2) is 60.8 Å². The maximum atomic E-state index is 13.6. The van der Waals surface area contributed by atoms with Gasteiger partial charge in [-0.2, -0.15) is 5.10 Å². The Labute approximate surface area is 182 Å². The van der Waals surface area contributed by atoms with Crippen molar-refractivity contribution in [3.63, 3.8) is 0 Å². The molecule has 1 amide bonds. The summed E-state index contributed by atoms with van der Waals surface area (Å²) in [5.41, 5.74) is 2.70. The Morgan fingerprint density at radius 2 is 1.68 bits per heavy atom. The van der Waals surface area contributed by atoms with Gasteiger partial charge in [0, 0.05) is 32.1 Å². The largest absolute Gasteiger partial charge is 0.356 e. The van der Waals surface area contributed by atoms with Gasteiger partial charge in [-0.25, -0.2) is 9.07 Å². The average molecular weight is 419 g/mol. The number of aromatic nitrogens is 2. The van der Waals surface area contributed by atoms with Gasteiger partial charge < -0.3 is 9.80 Å². The number of rotatable bonds is 4. The van der Waals surface area contributed by atoms with Crippen molar-refractivity contribution >= 4 is 11.7 Å². The van der Waals surface area contributed by atoms with Crippen LogP contribution in [0, 0.1) is 5.82 Å². The van der Waals surface area contributed by atoms with Gasteiger partial charge in [-0.3, -0.25) is 4.79 Å². The molecule has 5 nitrogen and oxygen atoms in total. The molecule has 2 aliphatic heterocycles. The van der Waals surface area contributed by atoms with Crippen molar-refractivity contribution in [2.45, 2.75) is 31.6 Å². The minimum atomic E-state index is -0.282. The Hall–Kier alpha value is -3.15. The molecule has 2 fully saturated rings. The maximum absolute atomic E-state index is 13.6. The highest BCUT2D eigenvalue weighted by atomic mass is 19.1. The van der Waals surface area contributed by atoms with Crippen LogP contribution in [0.25, 0.3) is 5.69 Å². The first-order chi connectivity index (χ1) is 15.2. The Bertz CT molecular complexity index is 1040. The summed E-state index contributed by atoms with van der Waals surface area (Å²) in [6.07, 6.45) is 6.06. The third-order valence-electron chi connectivity index (χ3n) is 6.45. The number of carbonyl (C=O) groups is 1. The molecule has 2 aromatic carbocycles. The number of benzene rings is 2. The molecule has 6 heteroatoms. The summed E-state index contributed by atoms with van der Waals surface area (Å²) in [5, 5.41) is 4.57.